The van der Waals surface area contributed by atoms with E-state index in [1.807, 2.05) is 31.2 Å². The standard InChI is InChI=1S/C18H23N3O2/c1-14-3-2-4-16(13-14)23-18-17(19-7-8-20-18)15-5-9-21(10-6-15)11-12-22/h2-4,7-8,13,15,22H,5-6,9-12H2,1H3. The average Bonchev–Trinajstić information content (AvgIpc) is 2.57. The molecule has 5 heteroatoms. The molecule has 0 radical (unpaired) electrons. The molecule has 5 nitrogen and oxygen atoms in total. The van der Waals surface area contributed by atoms with E-state index in [9.17, 15) is 0 Å². The van der Waals surface area contributed by atoms with Crippen molar-refractivity contribution in [2.45, 2.75) is 25.7 Å². The van der Waals surface area contributed by atoms with E-state index >= 15 is 0 Å². The maximum atomic E-state index is 9.05. The Morgan fingerprint density at radius 2 is 2.00 bits per heavy atom. The van der Waals surface area contributed by atoms with Crippen LogP contribution in [0.3, 0.4) is 0 Å². The Morgan fingerprint density at radius 3 is 2.74 bits per heavy atom. The monoisotopic (exact) mass is 313 g/mol. The minimum Gasteiger partial charge on any atom is -0.437 e. The lowest BCUT2D eigenvalue weighted by atomic mass is 9.93. The Kier molecular flexibility index (Phi) is 5.20. The molecule has 0 bridgehead atoms. The lowest BCUT2D eigenvalue weighted by molar-refractivity contribution is 0.163. The van der Waals surface area contributed by atoms with Gasteiger partial charge in [-0.2, -0.15) is 0 Å². The number of piperidine rings is 1. The SMILES string of the molecule is Cc1cccc(Oc2nccnc2C2CCN(CCO)CC2)c1. The third kappa shape index (κ3) is 4.06. The molecule has 1 aliphatic rings. The fourth-order valence-corrected chi connectivity index (χ4v) is 3.06. The largest absolute Gasteiger partial charge is 0.437 e. The van der Waals surface area contributed by atoms with Crippen LogP contribution >= 0.6 is 0 Å². The number of aryl methyl sites for hydroxylation is 1. The van der Waals surface area contributed by atoms with E-state index in [0.717, 1.165) is 49.5 Å². The molecule has 23 heavy (non-hydrogen) atoms. The number of hydrogen-bond acceptors (Lipinski definition) is 5. The molecule has 0 saturated carbocycles. The van der Waals surface area contributed by atoms with Gasteiger partial charge in [-0.25, -0.2) is 4.98 Å². The molecular formula is C18H23N3O2. The molecule has 1 N–H and O–H groups in total. The number of benzene rings is 1. The van der Waals surface area contributed by atoms with Crippen LogP contribution in [0.25, 0.3) is 0 Å². The minimum absolute atomic E-state index is 0.220. The summed E-state index contributed by atoms with van der Waals surface area (Å²) in [5, 5.41) is 9.05. The number of β-amino-alcohol motifs (C(OH)–C–C–N with tert-alkyl or cyclic N) is 1. The number of ether oxygens (including phenoxy) is 1. The zero-order valence-electron chi connectivity index (χ0n) is 13.5. The Morgan fingerprint density at radius 1 is 1.22 bits per heavy atom. The van der Waals surface area contributed by atoms with Gasteiger partial charge in [-0.15, -0.1) is 0 Å². The summed E-state index contributed by atoms with van der Waals surface area (Å²) >= 11 is 0. The number of nitrogens with zero attached hydrogens (tertiary/aromatic N) is 3. The summed E-state index contributed by atoms with van der Waals surface area (Å²) in [7, 11) is 0. The smallest absolute Gasteiger partial charge is 0.241 e. The summed E-state index contributed by atoms with van der Waals surface area (Å²) < 4.78 is 5.99. The quantitative estimate of drug-likeness (QED) is 0.920. The van der Waals surface area contributed by atoms with Crippen LogP contribution in [-0.4, -0.2) is 46.2 Å². The Labute approximate surface area is 137 Å². The molecule has 0 aliphatic carbocycles. The number of aliphatic hydroxyl groups excluding tert-OH is 1. The van der Waals surface area contributed by atoms with Crippen molar-refractivity contribution in [3.63, 3.8) is 0 Å². The number of likely N-dealkylation sites (tertiary alicyclic amines) is 1. The second-order valence-corrected chi connectivity index (χ2v) is 6.00. The van der Waals surface area contributed by atoms with Crippen molar-refractivity contribution >= 4 is 0 Å². The summed E-state index contributed by atoms with van der Waals surface area (Å²) in [6.45, 7) is 4.97. The van der Waals surface area contributed by atoms with Gasteiger partial charge in [0, 0.05) is 24.9 Å². The third-order valence-corrected chi connectivity index (χ3v) is 4.29. The van der Waals surface area contributed by atoms with Crippen molar-refractivity contribution in [2.75, 3.05) is 26.2 Å². The van der Waals surface area contributed by atoms with E-state index in [2.05, 4.69) is 14.9 Å². The van der Waals surface area contributed by atoms with Gasteiger partial charge >= 0.3 is 0 Å². The molecule has 1 aliphatic heterocycles. The fraction of sp³-hybridized carbons (Fsp3) is 0.444. The van der Waals surface area contributed by atoms with Crippen LogP contribution in [0.4, 0.5) is 0 Å². The van der Waals surface area contributed by atoms with Crippen molar-refractivity contribution < 1.29 is 9.84 Å². The highest BCUT2D eigenvalue weighted by Crippen LogP contribution is 2.33. The van der Waals surface area contributed by atoms with Crippen LogP contribution in [0.2, 0.25) is 0 Å². The lowest BCUT2D eigenvalue weighted by Gasteiger charge is -2.31. The first-order chi connectivity index (χ1) is 11.3. The number of aromatic nitrogens is 2. The zero-order chi connectivity index (χ0) is 16.1. The number of aliphatic hydroxyl groups is 1. The highest BCUT2D eigenvalue weighted by Gasteiger charge is 2.24. The van der Waals surface area contributed by atoms with Gasteiger partial charge in [0.05, 0.1) is 6.61 Å². The van der Waals surface area contributed by atoms with Gasteiger partial charge in [0.1, 0.15) is 11.4 Å². The molecule has 1 fully saturated rings. The molecule has 2 aromatic rings. The highest BCUT2D eigenvalue weighted by atomic mass is 16.5. The molecule has 1 aromatic heterocycles. The van der Waals surface area contributed by atoms with Crippen molar-refractivity contribution in [3.05, 3.63) is 47.9 Å². The van der Waals surface area contributed by atoms with E-state index < -0.39 is 0 Å². The van der Waals surface area contributed by atoms with Crippen molar-refractivity contribution in [1.29, 1.82) is 0 Å². The first-order valence-electron chi connectivity index (χ1n) is 8.15. The predicted molar refractivity (Wildman–Crippen MR) is 88.8 cm³/mol. The maximum absolute atomic E-state index is 9.05. The molecule has 1 aromatic carbocycles. The average molecular weight is 313 g/mol. The molecule has 122 valence electrons. The molecule has 2 heterocycles. The van der Waals surface area contributed by atoms with E-state index in [4.69, 9.17) is 9.84 Å². The van der Waals surface area contributed by atoms with Crippen molar-refractivity contribution in [2.24, 2.45) is 0 Å². The van der Waals surface area contributed by atoms with E-state index in [1.54, 1.807) is 12.4 Å². The van der Waals surface area contributed by atoms with Crippen LogP contribution in [0.15, 0.2) is 36.7 Å². The summed E-state index contributed by atoms with van der Waals surface area (Å²) in [5.74, 6) is 1.77. The summed E-state index contributed by atoms with van der Waals surface area (Å²) in [6, 6.07) is 7.97. The van der Waals surface area contributed by atoms with Crippen LogP contribution in [0, 0.1) is 6.92 Å². The lowest BCUT2D eigenvalue weighted by Crippen LogP contribution is -2.35. The van der Waals surface area contributed by atoms with Gasteiger partial charge in [-0.1, -0.05) is 12.1 Å². The van der Waals surface area contributed by atoms with Gasteiger partial charge < -0.3 is 14.7 Å². The second kappa shape index (κ2) is 7.53. The second-order valence-electron chi connectivity index (χ2n) is 6.00. The molecule has 0 spiro atoms. The fourth-order valence-electron chi connectivity index (χ4n) is 3.06. The first-order valence-corrected chi connectivity index (χ1v) is 8.15. The van der Waals surface area contributed by atoms with Crippen LogP contribution < -0.4 is 4.74 Å². The third-order valence-electron chi connectivity index (χ3n) is 4.29. The predicted octanol–water partition coefficient (Wildman–Crippen LogP) is 2.75. The normalized spacial score (nSPS) is 16.4. The molecular weight excluding hydrogens is 290 g/mol. The molecule has 0 unspecified atom stereocenters. The van der Waals surface area contributed by atoms with Crippen LogP contribution in [0.1, 0.15) is 30.0 Å². The number of hydrogen-bond donors (Lipinski definition) is 1. The topological polar surface area (TPSA) is 58.5 Å². The Hall–Kier alpha value is -1.98. The van der Waals surface area contributed by atoms with E-state index in [-0.39, 0.29) is 6.61 Å². The Bertz CT molecular complexity index is 640. The van der Waals surface area contributed by atoms with Gasteiger partial charge in [0.2, 0.25) is 5.88 Å². The Balaban J connectivity index is 1.74. The highest BCUT2D eigenvalue weighted by molar-refractivity contribution is 5.33. The minimum atomic E-state index is 0.220. The van der Waals surface area contributed by atoms with Crippen LogP contribution in [-0.2, 0) is 0 Å². The summed E-state index contributed by atoms with van der Waals surface area (Å²) in [4.78, 5) is 11.2. The first kappa shape index (κ1) is 15.9. The van der Waals surface area contributed by atoms with Gasteiger partial charge in [-0.3, -0.25) is 4.98 Å². The van der Waals surface area contributed by atoms with Gasteiger partial charge in [0.15, 0.2) is 0 Å². The molecule has 3 rings (SSSR count). The zero-order valence-corrected chi connectivity index (χ0v) is 13.5. The molecule has 0 atom stereocenters. The number of rotatable bonds is 5. The van der Waals surface area contributed by atoms with Crippen LogP contribution in [0.5, 0.6) is 11.6 Å². The molecule has 0 amide bonds. The summed E-state index contributed by atoms with van der Waals surface area (Å²) in [5.41, 5.74) is 2.10. The van der Waals surface area contributed by atoms with E-state index in [1.165, 1.54) is 0 Å². The van der Waals surface area contributed by atoms with Crippen molar-refractivity contribution in [3.8, 4) is 11.6 Å². The summed E-state index contributed by atoms with van der Waals surface area (Å²) in [6.07, 6.45) is 5.44. The maximum Gasteiger partial charge on any atom is 0.241 e. The molecule has 1 saturated heterocycles. The van der Waals surface area contributed by atoms with E-state index in [0.29, 0.717) is 11.8 Å². The van der Waals surface area contributed by atoms with Crippen molar-refractivity contribution in [1.82, 2.24) is 14.9 Å². The van der Waals surface area contributed by atoms with Gasteiger partial charge in [-0.05, 0) is 50.6 Å². The van der Waals surface area contributed by atoms with Gasteiger partial charge in [0.25, 0.3) is 0 Å².